The van der Waals surface area contributed by atoms with E-state index < -0.39 is 0 Å². The van der Waals surface area contributed by atoms with Crippen molar-refractivity contribution in [1.82, 2.24) is 121 Å². The van der Waals surface area contributed by atoms with E-state index in [9.17, 15) is 4.79 Å². The molecule has 0 saturated carbocycles. The number of imidazole rings is 3. The highest BCUT2D eigenvalue weighted by atomic mass is 32.1. The Balaban J connectivity index is -0.0000000649. The molecule has 0 aliphatic heterocycles. The first kappa shape index (κ1) is 152. The van der Waals surface area contributed by atoms with Crippen molar-refractivity contribution in [2.24, 2.45) is 77.5 Å². The fourth-order valence-corrected chi connectivity index (χ4v) is 7.20. The summed E-state index contributed by atoms with van der Waals surface area (Å²) in [5.41, 5.74) is 2.74. The molecular weight excluding hydrogens is 1590 g/mol. The predicted molar refractivity (Wildman–Crippen MR) is 541 cm³/mol. The van der Waals surface area contributed by atoms with Gasteiger partial charge in [-0.15, -0.1) is 27.8 Å². The fourth-order valence-electron chi connectivity index (χ4n) is 6.32. The van der Waals surface area contributed by atoms with Gasteiger partial charge in [0.1, 0.15) is 23.7 Å². The molecule has 0 aliphatic rings. The molecule has 0 radical (unpaired) electrons. The molecular formula is C94H173N25O3S2. The van der Waals surface area contributed by atoms with Crippen LogP contribution in [0.25, 0.3) is 0 Å². The average molecular weight is 1770 g/mol. The zero-order valence-corrected chi connectivity index (χ0v) is 66.3. The first-order valence-corrected chi connectivity index (χ1v) is 34.7. The largest absolute Gasteiger partial charge is 0.470 e. The second kappa shape index (κ2) is 103. The Morgan fingerprint density at radius 1 is 0.290 bits per heavy atom. The zero-order valence-electron chi connectivity index (χ0n) is 64.7. The molecule has 0 N–H and O–H groups in total. The Bertz CT molecular complexity index is 3760. The molecule has 28 nitrogen and oxygen atoms in total. The highest BCUT2D eigenvalue weighted by molar-refractivity contribution is 7.09. The molecule has 30 heteroatoms. The summed E-state index contributed by atoms with van der Waals surface area (Å²) in [5.74, 6) is 3.08. The maximum absolute atomic E-state index is 10.7. The SMILES string of the molecule is C.C.C.C.C.C.C.C.C.C.C.C.C.C.C.C.C.Cc1ccco1.Cc1ccn(C)c1C.Cc1nccn1C.Cc1nccn1C.Cc1nccs1.Cc1nccs1.Cn1cccc1.Cn1cccn1.Cn1cccn1.Cn1cccn1.Cn1cccn1.Cn1ccn(C)c1=O.Cn1ccnn1.c1ccncc1.c1ccncc1.c1ccncc1.c1cocn1. The third-order valence-corrected chi connectivity index (χ3v) is 14.0. The Labute approximate surface area is 762 Å². The predicted octanol–water partition coefficient (Wildman–Crippen LogP) is 24.6. The van der Waals surface area contributed by atoms with Crippen molar-refractivity contribution < 1.29 is 8.83 Å². The average Bonchev–Trinajstić information content (AvgIpc) is 1.76. The number of thiazole rings is 2. The molecule has 17 heterocycles. The van der Waals surface area contributed by atoms with Crippen LogP contribution in [0.1, 0.15) is 165 Å². The number of furan rings is 1. The van der Waals surface area contributed by atoms with Gasteiger partial charge in [0.15, 0.2) is 6.39 Å². The number of aryl methyl sites for hydroxylation is 17. The van der Waals surface area contributed by atoms with E-state index in [-0.39, 0.29) is 132 Å². The number of nitrogens with zero attached hydrogens (tertiary/aromatic N) is 25. The minimum atomic E-state index is 0. The van der Waals surface area contributed by atoms with Gasteiger partial charge in [-0.25, -0.2) is 19.7 Å². The molecule has 124 heavy (non-hydrogen) atoms. The van der Waals surface area contributed by atoms with E-state index in [0.29, 0.717) is 0 Å². The van der Waals surface area contributed by atoms with Crippen LogP contribution in [0, 0.1) is 48.5 Å². The van der Waals surface area contributed by atoms with Crippen molar-refractivity contribution in [3.05, 3.63) is 362 Å². The second-order valence-electron chi connectivity index (χ2n) is 21.4. The van der Waals surface area contributed by atoms with E-state index in [4.69, 9.17) is 4.42 Å². The first-order chi connectivity index (χ1) is 51.6. The molecule has 0 bridgehead atoms. The zero-order chi connectivity index (χ0) is 78.8. The summed E-state index contributed by atoms with van der Waals surface area (Å²) in [5, 5.41) is 28.7. The molecule has 0 aliphatic carbocycles. The van der Waals surface area contributed by atoms with E-state index in [1.54, 1.807) is 184 Å². The molecule has 0 atom stereocenters. The van der Waals surface area contributed by atoms with Crippen LogP contribution >= 0.6 is 22.7 Å². The molecule has 0 amide bonds. The standard InChI is InChI=1S/C7H11N.C5H8N2O.2C5H8N2.C5H7N.3C5H5N.C5H6O.4C4H6N2.2C4H5NS.C3H5N3.C3H3NO.17CH4/c1-6-4-5-8(3)7(6)2;1-6-3-4-7(2)5(6)8;2*1-5-6-3-4-7(5)2;1-6-4-2-3-5-6;3*1-2-4-6-5-3-1;1-5-3-2-4-6-5;4*1-6-4-2-3-5-6;2*1-4-5-2-3-6-4;1-6-3-2-4-5-6;1-2-5-3-4-1;;;;;;;;;;;;;;;;;/h4-5H,1-3H3;3-4H,1-2H3;2*3-4H,1-2H3;2-5H,1H3;3*1-5H;5*2-4H,1H3;3*2-3H,1H3;1-3H;17*1H4. The van der Waals surface area contributed by atoms with E-state index in [1.165, 1.54) is 33.0 Å². The number of pyridine rings is 3. The van der Waals surface area contributed by atoms with Gasteiger partial charge >= 0.3 is 5.69 Å². The number of oxazole rings is 1. The molecule has 17 rings (SSSR count). The fraction of sp³-hybridized carbons (Fsp3) is 0.372. The lowest BCUT2D eigenvalue weighted by Gasteiger charge is -1.93. The summed E-state index contributed by atoms with van der Waals surface area (Å²) in [4.78, 5) is 41.4. The normalized spacial score (nSPS) is 7.66. The highest BCUT2D eigenvalue weighted by Crippen LogP contribution is 2.04. The van der Waals surface area contributed by atoms with E-state index in [2.05, 4.69) is 113 Å². The molecule has 0 aromatic carbocycles. The monoisotopic (exact) mass is 1760 g/mol. The lowest BCUT2D eigenvalue weighted by atomic mass is 10.3. The topological polar surface area (TPSA) is 278 Å². The van der Waals surface area contributed by atoms with Crippen LogP contribution < -0.4 is 5.69 Å². The lowest BCUT2D eigenvalue weighted by molar-refractivity contribution is 0.534. The smallest absolute Gasteiger partial charge is 0.327 e. The third kappa shape index (κ3) is 89.9. The van der Waals surface area contributed by atoms with Gasteiger partial charge in [0.05, 0.1) is 28.7 Å². The minimum absolute atomic E-state index is 0. The van der Waals surface area contributed by atoms with Crippen molar-refractivity contribution in [2.45, 2.75) is 175 Å². The number of hydrogen-bond acceptors (Lipinski definition) is 19. The molecule has 0 saturated heterocycles. The van der Waals surface area contributed by atoms with E-state index >= 15 is 0 Å². The van der Waals surface area contributed by atoms with Gasteiger partial charge < -0.3 is 36.2 Å². The van der Waals surface area contributed by atoms with Gasteiger partial charge in [-0.2, -0.15) is 20.4 Å². The third-order valence-electron chi connectivity index (χ3n) is 12.6. The van der Waals surface area contributed by atoms with E-state index in [1.807, 2.05) is 268 Å². The summed E-state index contributed by atoms with van der Waals surface area (Å²) in [6, 6.07) is 34.6. The van der Waals surface area contributed by atoms with Crippen LogP contribution in [0.15, 0.2) is 326 Å². The molecule has 17 aromatic rings. The summed E-state index contributed by atoms with van der Waals surface area (Å²) >= 11 is 3.33. The number of rotatable bonds is 0. The lowest BCUT2D eigenvalue weighted by Crippen LogP contribution is -2.18. The van der Waals surface area contributed by atoms with Gasteiger partial charge in [0.2, 0.25) is 0 Å². The molecule has 17 aromatic heterocycles. The molecule has 704 valence electrons. The van der Waals surface area contributed by atoms with Crippen LogP contribution in [-0.2, 0) is 77.5 Å². The number of aromatic nitrogens is 25. The Morgan fingerprint density at radius 2 is 0.653 bits per heavy atom. The van der Waals surface area contributed by atoms with Crippen molar-refractivity contribution in [1.29, 1.82) is 0 Å². The van der Waals surface area contributed by atoms with Crippen molar-refractivity contribution >= 4 is 22.7 Å². The van der Waals surface area contributed by atoms with Gasteiger partial charge in [-0.1, -0.05) is 150 Å². The van der Waals surface area contributed by atoms with Crippen molar-refractivity contribution in [3.63, 3.8) is 0 Å². The van der Waals surface area contributed by atoms with Crippen LogP contribution in [0.5, 0.6) is 0 Å². The Morgan fingerprint density at radius 3 is 0.734 bits per heavy atom. The van der Waals surface area contributed by atoms with Crippen molar-refractivity contribution in [3.8, 4) is 0 Å². The molecule has 0 unspecified atom stereocenters. The van der Waals surface area contributed by atoms with Crippen LogP contribution in [0.3, 0.4) is 0 Å². The van der Waals surface area contributed by atoms with Crippen LogP contribution in [-0.4, -0.2) is 121 Å². The van der Waals surface area contributed by atoms with E-state index in [0.717, 1.165) is 27.4 Å². The maximum Gasteiger partial charge on any atom is 0.327 e. The van der Waals surface area contributed by atoms with Gasteiger partial charge in [0, 0.05) is 255 Å². The quantitative estimate of drug-likeness (QED) is 0.136. The minimum Gasteiger partial charge on any atom is -0.470 e. The van der Waals surface area contributed by atoms with Gasteiger partial charge in [-0.05, 0) is 145 Å². The number of hydrogen-bond donors (Lipinski definition) is 0. The Kier molecular flexibility index (Phi) is 126. The van der Waals surface area contributed by atoms with Gasteiger partial charge in [-0.3, -0.25) is 48.3 Å². The van der Waals surface area contributed by atoms with Crippen LogP contribution in [0.4, 0.5) is 0 Å². The Hall–Kier alpha value is -12.8. The summed E-state index contributed by atoms with van der Waals surface area (Å²) in [7, 11) is 20.8. The second-order valence-corrected chi connectivity index (χ2v) is 23.6. The molecule has 0 fully saturated rings. The first-order valence-electron chi connectivity index (χ1n) is 32.9. The summed E-state index contributed by atoms with van der Waals surface area (Å²) < 4.78 is 29.1. The maximum atomic E-state index is 10.7. The van der Waals surface area contributed by atoms with Gasteiger partial charge in [0.25, 0.3) is 0 Å². The summed E-state index contributed by atoms with van der Waals surface area (Å²) in [6.07, 6.45) is 55.2. The van der Waals surface area contributed by atoms with Crippen molar-refractivity contribution in [2.75, 3.05) is 0 Å². The molecule has 0 spiro atoms. The summed E-state index contributed by atoms with van der Waals surface area (Å²) in [6.45, 7) is 14.1. The van der Waals surface area contributed by atoms with Crippen LogP contribution in [0.2, 0.25) is 0 Å². The highest BCUT2D eigenvalue weighted by Gasteiger charge is 1.93.